The van der Waals surface area contributed by atoms with E-state index in [0.717, 1.165) is 33.8 Å². The van der Waals surface area contributed by atoms with E-state index in [-0.39, 0.29) is 23.0 Å². The summed E-state index contributed by atoms with van der Waals surface area (Å²) < 4.78 is 34.5. The summed E-state index contributed by atoms with van der Waals surface area (Å²) in [6.45, 7) is 7.61. The smallest absolute Gasteiger partial charge is 0.264 e. The number of rotatable bonds is 13. The first kappa shape index (κ1) is 30.7. The van der Waals surface area contributed by atoms with Crippen LogP contribution in [-0.4, -0.2) is 51.4 Å². The summed E-state index contributed by atoms with van der Waals surface area (Å²) in [5, 5.41) is 2.90. The van der Waals surface area contributed by atoms with Crippen LogP contribution in [0.3, 0.4) is 0 Å². The van der Waals surface area contributed by atoms with Crippen LogP contribution in [0.5, 0.6) is 5.75 Å². The maximum absolute atomic E-state index is 14.1. The third-order valence-electron chi connectivity index (χ3n) is 6.81. The Bertz CT molecular complexity index is 1410. The molecule has 0 fully saturated rings. The van der Waals surface area contributed by atoms with Gasteiger partial charge >= 0.3 is 0 Å². The highest BCUT2D eigenvalue weighted by atomic mass is 32.2. The van der Waals surface area contributed by atoms with Gasteiger partial charge in [0.25, 0.3) is 10.0 Å². The molecule has 3 rings (SSSR count). The van der Waals surface area contributed by atoms with Crippen molar-refractivity contribution in [3.05, 3.63) is 89.5 Å². The van der Waals surface area contributed by atoms with Gasteiger partial charge in [0, 0.05) is 13.1 Å². The number of anilines is 1. The Morgan fingerprint density at radius 3 is 2.30 bits per heavy atom. The molecule has 214 valence electrons. The fraction of sp³-hybridized carbons (Fsp3) is 0.355. The Kier molecular flexibility index (Phi) is 10.7. The molecule has 0 saturated heterocycles. The lowest BCUT2D eigenvalue weighted by molar-refractivity contribution is -0.139. The van der Waals surface area contributed by atoms with Gasteiger partial charge in [0.1, 0.15) is 18.3 Å². The highest BCUT2D eigenvalue weighted by molar-refractivity contribution is 7.92. The van der Waals surface area contributed by atoms with Crippen molar-refractivity contribution in [2.45, 2.75) is 58.0 Å². The number of methoxy groups -OCH3 is 1. The van der Waals surface area contributed by atoms with Crippen LogP contribution >= 0.6 is 0 Å². The topological polar surface area (TPSA) is 96.0 Å². The lowest BCUT2D eigenvalue weighted by atomic mass is 10.1. The molecule has 3 aromatic carbocycles. The second-order valence-corrected chi connectivity index (χ2v) is 11.6. The minimum absolute atomic E-state index is 0.0437. The monoisotopic (exact) mass is 565 g/mol. The van der Waals surface area contributed by atoms with Crippen molar-refractivity contribution in [1.29, 1.82) is 0 Å². The van der Waals surface area contributed by atoms with Crippen molar-refractivity contribution in [2.75, 3.05) is 24.5 Å². The van der Waals surface area contributed by atoms with Gasteiger partial charge in [0.2, 0.25) is 11.8 Å². The molecule has 1 N–H and O–H groups in total. The zero-order chi connectivity index (χ0) is 29.3. The molecule has 0 aliphatic heterocycles. The van der Waals surface area contributed by atoms with E-state index in [1.54, 1.807) is 37.3 Å². The number of unbranched alkanes of at least 4 members (excludes halogenated alkanes) is 1. The number of amides is 2. The number of carbonyl (C=O) groups is 2. The summed E-state index contributed by atoms with van der Waals surface area (Å²) in [6, 6.07) is 19.9. The predicted molar refractivity (Wildman–Crippen MR) is 158 cm³/mol. The van der Waals surface area contributed by atoms with Crippen molar-refractivity contribution < 1.29 is 22.7 Å². The first-order valence-electron chi connectivity index (χ1n) is 13.4. The molecule has 0 radical (unpaired) electrons. The van der Waals surface area contributed by atoms with Crippen molar-refractivity contribution in [3.8, 4) is 5.75 Å². The van der Waals surface area contributed by atoms with E-state index < -0.39 is 28.5 Å². The number of nitrogens with one attached hydrogen (secondary N) is 1. The zero-order valence-corrected chi connectivity index (χ0v) is 24.7. The molecule has 0 spiro atoms. The summed E-state index contributed by atoms with van der Waals surface area (Å²) in [4.78, 5) is 28.7. The average Bonchev–Trinajstić information content (AvgIpc) is 2.95. The fourth-order valence-electron chi connectivity index (χ4n) is 4.32. The van der Waals surface area contributed by atoms with Crippen LogP contribution in [-0.2, 0) is 26.2 Å². The van der Waals surface area contributed by atoms with E-state index in [4.69, 9.17) is 4.74 Å². The molecule has 0 aliphatic rings. The third-order valence-corrected chi connectivity index (χ3v) is 8.59. The number of carbonyl (C=O) groups excluding carboxylic acids is 2. The van der Waals surface area contributed by atoms with Crippen LogP contribution in [0.15, 0.2) is 77.7 Å². The first-order chi connectivity index (χ1) is 19.1. The number of sulfonamides is 1. The van der Waals surface area contributed by atoms with E-state index in [0.29, 0.717) is 12.3 Å². The maximum Gasteiger partial charge on any atom is 0.264 e. The zero-order valence-electron chi connectivity index (χ0n) is 23.9. The van der Waals surface area contributed by atoms with Crippen molar-refractivity contribution in [1.82, 2.24) is 10.2 Å². The Balaban J connectivity index is 2.07. The fourth-order valence-corrected chi connectivity index (χ4v) is 5.76. The number of benzene rings is 3. The van der Waals surface area contributed by atoms with E-state index in [2.05, 4.69) is 5.32 Å². The van der Waals surface area contributed by atoms with Crippen LogP contribution in [0.25, 0.3) is 0 Å². The molecule has 1 atom stereocenters. The van der Waals surface area contributed by atoms with Gasteiger partial charge in [-0.1, -0.05) is 61.9 Å². The Morgan fingerprint density at radius 1 is 0.975 bits per heavy atom. The summed E-state index contributed by atoms with van der Waals surface area (Å²) in [6.07, 6.45) is 1.74. The molecular formula is C31H39N3O5S. The van der Waals surface area contributed by atoms with Crippen LogP contribution in [0, 0.1) is 13.8 Å². The number of aryl methyl sites for hydroxylation is 2. The number of hydrogen-bond acceptors (Lipinski definition) is 5. The van der Waals surface area contributed by atoms with Gasteiger partial charge in [-0.25, -0.2) is 8.42 Å². The Morgan fingerprint density at radius 2 is 1.65 bits per heavy atom. The van der Waals surface area contributed by atoms with Gasteiger partial charge in [-0.05, 0) is 68.1 Å². The molecule has 40 heavy (non-hydrogen) atoms. The first-order valence-corrected chi connectivity index (χ1v) is 14.9. The minimum Gasteiger partial charge on any atom is -0.495 e. The normalized spacial score (nSPS) is 11.9. The van der Waals surface area contributed by atoms with E-state index in [9.17, 15) is 18.0 Å². The molecule has 2 amide bonds. The second kappa shape index (κ2) is 14.0. The van der Waals surface area contributed by atoms with Gasteiger partial charge in [0.05, 0.1) is 17.7 Å². The lowest BCUT2D eigenvalue weighted by Gasteiger charge is -2.32. The largest absolute Gasteiger partial charge is 0.495 e. The number of nitrogens with zero attached hydrogens (tertiary/aromatic N) is 2. The molecule has 0 saturated carbocycles. The highest BCUT2D eigenvalue weighted by Gasteiger charge is 2.34. The number of ether oxygens (including phenoxy) is 1. The van der Waals surface area contributed by atoms with Crippen molar-refractivity contribution >= 4 is 27.5 Å². The molecule has 9 heteroatoms. The van der Waals surface area contributed by atoms with Crippen molar-refractivity contribution in [2.24, 2.45) is 0 Å². The third kappa shape index (κ3) is 7.41. The Labute approximate surface area is 238 Å². The van der Waals surface area contributed by atoms with E-state index in [1.807, 2.05) is 51.1 Å². The molecule has 0 aromatic heterocycles. The van der Waals surface area contributed by atoms with E-state index >= 15 is 0 Å². The molecule has 8 nitrogen and oxygen atoms in total. The minimum atomic E-state index is -4.17. The second-order valence-electron chi connectivity index (χ2n) is 9.77. The van der Waals surface area contributed by atoms with Crippen LogP contribution in [0.1, 0.15) is 43.4 Å². The predicted octanol–water partition coefficient (Wildman–Crippen LogP) is 4.84. The summed E-state index contributed by atoms with van der Waals surface area (Å²) in [5.41, 5.74) is 2.88. The standard InChI is InChI=1S/C31H39N3O5S/c1-6-7-19-32-31(36)25(4)33(21-26-14-12-11-13-24(26)3)30(35)22-34(28-20-23(2)17-18-29(28)39-5)40(37,38)27-15-9-8-10-16-27/h8-18,20,25H,6-7,19,21-22H2,1-5H3,(H,32,36). The number of hydrogen-bond donors (Lipinski definition) is 1. The molecule has 0 aliphatic carbocycles. The molecule has 0 bridgehead atoms. The SMILES string of the molecule is CCCCNC(=O)C(C)N(Cc1ccccc1C)C(=O)CN(c1cc(C)ccc1OC)S(=O)(=O)c1ccccc1. The molecule has 3 aromatic rings. The van der Waals surface area contributed by atoms with Gasteiger partial charge in [0.15, 0.2) is 0 Å². The molecule has 0 heterocycles. The van der Waals surface area contributed by atoms with Crippen molar-refractivity contribution in [3.63, 3.8) is 0 Å². The quantitative estimate of drug-likeness (QED) is 0.299. The molecule has 1 unspecified atom stereocenters. The van der Waals surface area contributed by atoms with Gasteiger partial charge in [-0.3, -0.25) is 13.9 Å². The average molecular weight is 566 g/mol. The maximum atomic E-state index is 14.1. The van der Waals surface area contributed by atoms with Gasteiger partial charge in [-0.15, -0.1) is 0 Å². The lowest BCUT2D eigenvalue weighted by Crippen LogP contribution is -2.51. The summed E-state index contributed by atoms with van der Waals surface area (Å²) >= 11 is 0. The summed E-state index contributed by atoms with van der Waals surface area (Å²) in [7, 11) is -2.72. The highest BCUT2D eigenvalue weighted by Crippen LogP contribution is 2.33. The van der Waals surface area contributed by atoms with Crippen LogP contribution < -0.4 is 14.4 Å². The molecular weight excluding hydrogens is 526 g/mol. The summed E-state index contributed by atoms with van der Waals surface area (Å²) in [5.74, 6) is -0.487. The van der Waals surface area contributed by atoms with Crippen LogP contribution in [0.2, 0.25) is 0 Å². The van der Waals surface area contributed by atoms with Gasteiger partial charge < -0.3 is 15.0 Å². The van der Waals surface area contributed by atoms with E-state index in [1.165, 1.54) is 24.1 Å². The van der Waals surface area contributed by atoms with Gasteiger partial charge in [-0.2, -0.15) is 0 Å². The Hall–Kier alpha value is -3.85. The van der Waals surface area contributed by atoms with Crippen LogP contribution in [0.4, 0.5) is 5.69 Å².